The van der Waals surface area contributed by atoms with Gasteiger partial charge >= 0.3 is 0 Å². The highest BCUT2D eigenvalue weighted by Gasteiger charge is 2.14. The Morgan fingerprint density at radius 2 is 2.14 bits per heavy atom. The Bertz CT molecular complexity index is 194. The summed E-state index contributed by atoms with van der Waals surface area (Å²) in [5.41, 5.74) is 0. The van der Waals surface area contributed by atoms with Crippen molar-refractivity contribution in [3.8, 4) is 0 Å². The maximum atomic E-state index is 4.22. The summed E-state index contributed by atoms with van der Waals surface area (Å²) in [4.78, 5) is 0. The molecule has 0 heterocycles. The molecule has 0 radical (unpaired) electrons. The molecule has 14 heavy (non-hydrogen) atoms. The molecule has 2 atom stereocenters. The standard InChI is InChI=1S/C12H22N2/c1-5-8-9-10-11(6-2)12(7-3)14-13-4/h5-6,8,11-12H,2,7,9-10H2,1,3-4H3. The smallest absolute Gasteiger partial charge is 0.0768 e. The summed E-state index contributed by atoms with van der Waals surface area (Å²) in [6, 6.07) is 0.308. The van der Waals surface area contributed by atoms with Crippen LogP contribution in [-0.4, -0.2) is 13.1 Å². The van der Waals surface area contributed by atoms with E-state index in [2.05, 4.69) is 35.9 Å². The van der Waals surface area contributed by atoms with Crippen molar-refractivity contribution in [2.75, 3.05) is 7.05 Å². The summed E-state index contributed by atoms with van der Waals surface area (Å²) >= 11 is 0. The van der Waals surface area contributed by atoms with Crippen molar-refractivity contribution in [2.24, 2.45) is 16.1 Å². The van der Waals surface area contributed by atoms with E-state index in [0.717, 1.165) is 19.3 Å². The fraction of sp³-hybridized carbons (Fsp3) is 0.667. The first-order valence-corrected chi connectivity index (χ1v) is 5.32. The molecule has 0 fully saturated rings. The van der Waals surface area contributed by atoms with Crippen LogP contribution in [0.15, 0.2) is 35.0 Å². The average molecular weight is 194 g/mol. The van der Waals surface area contributed by atoms with E-state index in [1.54, 1.807) is 7.05 Å². The molecule has 0 aliphatic heterocycles. The molecule has 2 unspecified atom stereocenters. The first-order valence-electron chi connectivity index (χ1n) is 5.32. The van der Waals surface area contributed by atoms with Crippen LogP contribution in [0, 0.1) is 5.92 Å². The van der Waals surface area contributed by atoms with E-state index in [4.69, 9.17) is 0 Å². The fourth-order valence-corrected chi connectivity index (χ4v) is 1.54. The lowest BCUT2D eigenvalue weighted by atomic mass is 9.93. The highest BCUT2D eigenvalue weighted by atomic mass is 15.1. The van der Waals surface area contributed by atoms with Crippen LogP contribution in [0.25, 0.3) is 0 Å². The van der Waals surface area contributed by atoms with Gasteiger partial charge in [-0.2, -0.15) is 10.2 Å². The van der Waals surface area contributed by atoms with E-state index in [-0.39, 0.29) is 0 Å². The molecule has 0 rings (SSSR count). The van der Waals surface area contributed by atoms with Gasteiger partial charge in [0, 0.05) is 13.0 Å². The predicted molar refractivity (Wildman–Crippen MR) is 62.6 cm³/mol. The van der Waals surface area contributed by atoms with Crippen molar-refractivity contribution in [2.45, 2.75) is 39.2 Å². The zero-order valence-electron chi connectivity index (χ0n) is 9.61. The van der Waals surface area contributed by atoms with E-state index in [1.807, 2.05) is 13.0 Å². The van der Waals surface area contributed by atoms with Crippen molar-refractivity contribution in [1.82, 2.24) is 0 Å². The second kappa shape index (κ2) is 8.67. The van der Waals surface area contributed by atoms with Crippen molar-refractivity contribution in [1.29, 1.82) is 0 Å². The van der Waals surface area contributed by atoms with Gasteiger partial charge in [-0.25, -0.2) is 0 Å². The van der Waals surface area contributed by atoms with Crippen LogP contribution in [0.5, 0.6) is 0 Å². The molecule has 0 amide bonds. The Hall–Kier alpha value is -0.920. The van der Waals surface area contributed by atoms with Crippen LogP contribution in [0.4, 0.5) is 0 Å². The molecule has 0 N–H and O–H groups in total. The summed E-state index contributed by atoms with van der Waals surface area (Å²) in [5, 5.41) is 8.09. The summed E-state index contributed by atoms with van der Waals surface area (Å²) in [5.74, 6) is 0.458. The molecule has 0 aromatic carbocycles. The monoisotopic (exact) mass is 194 g/mol. The van der Waals surface area contributed by atoms with Crippen molar-refractivity contribution in [3.05, 3.63) is 24.8 Å². The topological polar surface area (TPSA) is 24.7 Å². The summed E-state index contributed by atoms with van der Waals surface area (Å²) in [6.45, 7) is 8.06. The molecule has 0 aliphatic carbocycles. The van der Waals surface area contributed by atoms with Crippen LogP contribution < -0.4 is 0 Å². The minimum Gasteiger partial charge on any atom is -0.197 e. The summed E-state index contributed by atoms with van der Waals surface area (Å²) in [6.07, 6.45) is 9.53. The zero-order valence-corrected chi connectivity index (χ0v) is 9.61. The lowest BCUT2D eigenvalue weighted by molar-refractivity contribution is 0.449. The van der Waals surface area contributed by atoms with Gasteiger partial charge in [-0.1, -0.05) is 25.2 Å². The lowest BCUT2D eigenvalue weighted by Gasteiger charge is -2.17. The van der Waals surface area contributed by atoms with Crippen LogP contribution >= 0.6 is 0 Å². The Kier molecular flexibility index (Phi) is 8.10. The molecular weight excluding hydrogens is 172 g/mol. The largest absolute Gasteiger partial charge is 0.197 e. The van der Waals surface area contributed by atoms with E-state index in [1.165, 1.54) is 0 Å². The second-order valence-electron chi connectivity index (χ2n) is 3.34. The Morgan fingerprint density at radius 1 is 1.43 bits per heavy atom. The summed E-state index contributed by atoms with van der Waals surface area (Å²) < 4.78 is 0. The van der Waals surface area contributed by atoms with Gasteiger partial charge in [0.05, 0.1) is 6.04 Å². The van der Waals surface area contributed by atoms with Gasteiger partial charge in [0.1, 0.15) is 0 Å². The third kappa shape index (κ3) is 4.95. The maximum absolute atomic E-state index is 4.22. The molecule has 0 aliphatic rings. The molecule has 2 heteroatoms. The molecule has 0 aromatic rings. The second-order valence-corrected chi connectivity index (χ2v) is 3.34. The normalized spacial score (nSPS) is 16.2. The molecule has 0 saturated heterocycles. The number of hydrogen-bond acceptors (Lipinski definition) is 2. The number of allylic oxidation sites excluding steroid dienone is 2. The van der Waals surface area contributed by atoms with Gasteiger partial charge in [-0.15, -0.1) is 6.58 Å². The van der Waals surface area contributed by atoms with Gasteiger partial charge in [0.15, 0.2) is 0 Å². The van der Waals surface area contributed by atoms with Gasteiger partial charge in [0.2, 0.25) is 0 Å². The van der Waals surface area contributed by atoms with Crippen molar-refractivity contribution in [3.63, 3.8) is 0 Å². The van der Waals surface area contributed by atoms with Crippen LogP contribution in [0.3, 0.4) is 0 Å². The van der Waals surface area contributed by atoms with E-state index in [0.29, 0.717) is 12.0 Å². The Labute approximate surface area is 87.8 Å². The lowest BCUT2D eigenvalue weighted by Crippen LogP contribution is -2.15. The fourth-order valence-electron chi connectivity index (χ4n) is 1.54. The zero-order chi connectivity index (χ0) is 10.8. The van der Waals surface area contributed by atoms with Gasteiger partial charge in [-0.05, 0) is 26.2 Å². The third-order valence-electron chi connectivity index (χ3n) is 2.38. The molecule has 0 aromatic heterocycles. The van der Waals surface area contributed by atoms with E-state index >= 15 is 0 Å². The number of azo groups is 1. The summed E-state index contributed by atoms with van der Waals surface area (Å²) in [7, 11) is 1.73. The molecule has 80 valence electrons. The van der Waals surface area contributed by atoms with Crippen molar-refractivity contribution >= 4 is 0 Å². The van der Waals surface area contributed by atoms with Crippen LogP contribution in [0.2, 0.25) is 0 Å². The molecule has 2 nitrogen and oxygen atoms in total. The molecule has 0 spiro atoms. The van der Waals surface area contributed by atoms with E-state index < -0.39 is 0 Å². The average Bonchev–Trinajstić information content (AvgIpc) is 2.22. The van der Waals surface area contributed by atoms with Gasteiger partial charge < -0.3 is 0 Å². The number of nitrogens with zero attached hydrogens (tertiary/aromatic N) is 2. The third-order valence-corrected chi connectivity index (χ3v) is 2.38. The Balaban J connectivity index is 4.13. The van der Waals surface area contributed by atoms with E-state index in [9.17, 15) is 0 Å². The van der Waals surface area contributed by atoms with Crippen molar-refractivity contribution < 1.29 is 0 Å². The minimum absolute atomic E-state index is 0.308. The molecule has 0 bridgehead atoms. The highest BCUT2D eigenvalue weighted by Crippen LogP contribution is 2.19. The SMILES string of the molecule is C=CC(CCC=CC)C(CC)N=NC. The minimum atomic E-state index is 0.308. The first kappa shape index (κ1) is 13.1. The first-order chi connectivity index (χ1) is 6.79. The van der Waals surface area contributed by atoms with Crippen LogP contribution in [0.1, 0.15) is 33.1 Å². The number of hydrogen-bond donors (Lipinski definition) is 0. The quantitative estimate of drug-likeness (QED) is 0.432. The Morgan fingerprint density at radius 3 is 2.57 bits per heavy atom. The maximum Gasteiger partial charge on any atom is 0.0768 e. The number of rotatable bonds is 7. The molecular formula is C12H22N2. The van der Waals surface area contributed by atoms with Crippen LogP contribution in [-0.2, 0) is 0 Å². The predicted octanol–water partition coefficient (Wildman–Crippen LogP) is 4.01. The van der Waals surface area contributed by atoms with Gasteiger partial charge in [-0.3, -0.25) is 0 Å². The highest BCUT2D eigenvalue weighted by molar-refractivity contribution is 4.90. The molecule has 0 saturated carbocycles. The van der Waals surface area contributed by atoms with Gasteiger partial charge in [0.25, 0.3) is 0 Å².